The van der Waals surface area contributed by atoms with E-state index in [0.717, 1.165) is 36.4 Å². The van der Waals surface area contributed by atoms with Crippen LogP contribution in [0.25, 0.3) is 0 Å². The average molecular weight is 481 g/mol. The molecule has 0 aliphatic carbocycles. The van der Waals surface area contributed by atoms with E-state index in [0.29, 0.717) is 9.87 Å². The van der Waals surface area contributed by atoms with Gasteiger partial charge in [-0.3, -0.25) is 14.9 Å². The number of nitrogens with zero attached hydrogens (tertiary/aromatic N) is 2. The van der Waals surface area contributed by atoms with Crippen molar-refractivity contribution < 1.29 is 37.5 Å². The molecule has 3 atom stereocenters. The van der Waals surface area contributed by atoms with Crippen LogP contribution in [-0.4, -0.2) is 58.0 Å². The van der Waals surface area contributed by atoms with Crippen LogP contribution in [0.4, 0.5) is 10.1 Å². The van der Waals surface area contributed by atoms with Crippen LogP contribution in [0.5, 0.6) is 0 Å². The topological polar surface area (TPSA) is 167 Å². The van der Waals surface area contributed by atoms with Crippen molar-refractivity contribution in [2.24, 2.45) is 0 Å². The molecule has 11 nitrogen and oxygen atoms in total. The molecule has 0 bridgehead atoms. The Morgan fingerprint density at radius 1 is 1.15 bits per heavy atom. The summed E-state index contributed by atoms with van der Waals surface area (Å²) in [5.74, 6) is -2.82. The molecule has 3 N–H and O–H groups in total. The third kappa shape index (κ3) is 5.32. The number of hydrogen-bond acceptors (Lipinski definition) is 7. The monoisotopic (exact) mass is 481 g/mol. The Bertz CT molecular complexity index is 1150. The lowest BCUT2D eigenvalue weighted by Crippen LogP contribution is -2.53. The van der Waals surface area contributed by atoms with E-state index in [1.54, 1.807) is 0 Å². The molecule has 176 valence electrons. The summed E-state index contributed by atoms with van der Waals surface area (Å²) in [6, 6.07) is 6.12. The molecule has 1 heterocycles. The van der Waals surface area contributed by atoms with Gasteiger partial charge in [-0.25, -0.2) is 17.6 Å². The number of nitro groups is 1. The molecule has 1 unspecified atom stereocenters. The first-order valence-corrected chi connectivity index (χ1v) is 11.2. The second kappa shape index (κ2) is 9.60. The third-order valence-corrected chi connectivity index (χ3v) is 7.11. The maximum absolute atomic E-state index is 13.1. The van der Waals surface area contributed by atoms with Crippen molar-refractivity contribution in [1.29, 1.82) is 0 Å². The van der Waals surface area contributed by atoms with Crippen molar-refractivity contribution in [3.63, 3.8) is 0 Å². The van der Waals surface area contributed by atoms with Crippen molar-refractivity contribution >= 4 is 27.6 Å². The second-order valence-electron chi connectivity index (χ2n) is 7.39. The Morgan fingerprint density at radius 3 is 2.30 bits per heavy atom. The largest absolute Gasteiger partial charge is 0.480 e. The first kappa shape index (κ1) is 24.2. The molecule has 33 heavy (non-hydrogen) atoms. The Balaban J connectivity index is 1.81. The highest BCUT2D eigenvalue weighted by Gasteiger charge is 2.45. The minimum absolute atomic E-state index is 0.0674. The summed E-state index contributed by atoms with van der Waals surface area (Å²) in [6.07, 6.45) is -1.85. The molecule has 0 saturated carbocycles. The van der Waals surface area contributed by atoms with Gasteiger partial charge in [-0.2, -0.15) is 4.31 Å². The quantitative estimate of drug-likeness (QED) is 0.371. The molecule has 2 aromatic rings. The van der Waals surface area contributed by atoms with Crippen LogP contribution in [0.2, 0.25) is 0 Å². The van der Waals surface area contributed by atoms with Gasteiger partial charge >= 0.3 is 5.97 Å². The summed E-state index contributed by atoms with van der Waals surface area (Å²) < 4.78 is 39.7. The summed E-state index contributed by atoms with van der Waals surface area (Å²) in [5.41, 5.74) is 0.0984. The van der Waals surface area contributed by atoms with Gasteiger partial charge in [0, 0.05) is 18.6 Å². The molecule has 1 fully saturated rings. The lowest BCUT2D eigenvalue weighted by Gasteiger charge is -2.27. The summed E-state index contributed by atoms with van der Waals surface area (Å²) in [7, 11) is -4.43. The molecule has 2 aromatic carbocycles. The molecule has 0 spiro atoms. The Hall–Kier alpha value is -3.42. The van der Waals surface area contributed by atoms with E-state index in [4.69, 9.17) is 0 Å². The van der Waals surface area contributed by atoms with Crippen LogP contribution in [-0.2, 0) is 26.0 Å². The number of hydrogen-bond donors (Lipinski definition) is 3. The summed E-state index contributed by atoms with van der Waals surface area (Å²) in [5, 5.41) is 32.8. The highest BCUT2D eigenvalue weighted by molar-refractivity contribution is 7.89. The number of aliphatic carboxylic acids is 1. The molecular weight excluding hydrogens is 461 g/mol. The van der Waals surface area contributed by atoms with E-state index in [1.807, 2.05) is 0 Å². The second-order valence-corrected chi connectivity index (χ2v) is 9.23. The normalized spacial score (nSPS) is 19.7. The Kier molecular flexibility index (Phi) is 7.05. The number of carbonyl (C=O) groups excluding carboxylic acids is 1. The molecule has 13 heteroatoms. The first-order chi connectivity index (χ1) is 15.5. The summed E-state index contributed by atoms with van der Waals surface area (Å²) in [4.78, 5) is 34.2. The lowest BCUT2D eigenvalue weighted by molar-refractivity contribution is -0.384. The zero-order valence-electron chi connectivity index (χ0n) is 17.0. The van der Waals surface area contributed by atoms with Crippen molar-refractivity contribution in [3.8, 4) is 0 Å². The number of halogens is 1. The minimum Gasteiger partial charge on any atom is -0.480 e. The summed E-state index contributed by atoms with van der Waals surface area (Å²) in [6.45, 7) is 0. The molecule has 3 rings (SSSR count). The molecule has 1 amide bonds. The molecule has 1 saturated heterocycles. The van der Waals surface area contributed by atoms with E-state index in [2.05, 4.69) is 5.32 Å². The zero-order valence-corrected chi connectivity index (χ0v) is 17.8. The number of nitro benzene ring substituents is 1. The van der Waals surface area contributed by atoms with Crippen LogP contribution in [0, 0.1) is 15.9 Å². The lowest BCUT2D eigenvalue weighted by atomic mass is 10.1. The predicted molar refractivity (Wildman–Crippen MR) is 111 cm³/mol. The molecule has 1 aliphatic rings. The van der Waals surface area contributed by atoms with Crippen LogP contribution in [0.3, 0.4) is 0 Å². The van der Waals surface area contributed by atoms with Gasteiger partial charge in [-0.05, 0) is 42.7 Å². The highest BCUT2D eigenvalue weighted by Crippen LogP contribution is 2.31. The van der Waals surface area contributed by atoms with Gasteiger partial charge in [0.25, 0.3) is 5.69 Å². The first-order valence-electron chi connectivity index (χ1n) is 9.74. The number of nitrogens with one attached hydrogen (secondary N) is 1. The van der Waals surface area contributed by atoms with Crippen molar-refractivity contribution in [2.75, 3.05) is 0 Å². The molecule has 0 radical (unpaired) electrons. The predicted octanol–water partition coefficient (Wildman–Crippen LogP) is 1.02. The van der Waals surface area contributed by atoms with Gasteiger partial charge in [0.1, 0.15) is 24.1 Å². The summed E-state index contributed by atoms with van der Waals surface area (Å²) >= 11 is 0. The van der Waals surface area contributed by atoms with Gasteiger partial charge in [0.2, 0.25) is 15.9 Å². The van der Waals surface area contributed by atoms with Crippen LogP contribution < -0.4 is 5.32 Å². The SMILES string of the molecule is O=C(O)[C@H](Cc1ccc(F)cc1)NC(=O)[C@@H]1CCC(O)N1S(=O)(=O)c1ccc([N+](=O)[O-])cc1. The number of rotatable bonds is 8. The molecular formula is C20H20FN3O8S. The van der Waals surface area contributed by atoms with Crippen molar-refractivity contribution in [1.82, 2.24) is 9.62 Å². The number of benzene rings is 2. The van der Waals surface area contributed by atoms with Gasteiger partial charge < -0.3 is 15.5 Å². The van der Waals surface area contributed by atoms with Gasteiger partial charge in [-0.15, -0.1) is 0 Å². The number of carboxylic acids is 1. The van der Waals surface area contributed by atoms with E-state index in [1.165, 1.54) is 12.1 Å². The van der Waals surface area contributed by atoms with Gasteiger partial charge in [0.05, 0.1) is 9.82 Å². The van der Waals surface area contributed by atoms with Crippen molar-refractivity contribution in [3.05, 3.63) is 70.0 Å². The fourth-order valence-corrected chi connectivity index (χ4v) is 5.21. The highest BCUT2D eigenvalue weighted by atomic mass is 32.2. The number of aliphatic hydroxyl groups excluding tert-OH is 1. The van der Waals surface area contributed by atoms with Gasteiger partial charge in [0.15, 0.2) is 0 Å². The third-order valence-electron chi connectivity index (χ3n) is 5.19. The average Bonchev–Trinajstić information content (AvgIpc) is 3.17. The van der Waals surface area contributed by atoms with Gasteiger partial charge in [-0.1, -0.05) is 12.1 Å². The number of carbonyl (C=O) groups is 2. The standard InChI is InChI=1S/C20H20FN3O8S/c21-13-3-1-12(2-4-13)11-16(20(27)28)22-19(26)17-9-10-18(25)23(17)33(31,32)15-7-5-14(6-8-15)24(29)30/h1-8,16-18,25H,9-11H2,(H,22,26)(H,27,28)/t16-,17-,18?/m0/s1. The zero-order chi connectivity index (χ0) is 24.3. The number of sulfonamides is 1. The van der Waals surface area contributed by atoms with E-state index in [-0.39, 0.29) is 29.8 Å². The number of amides is 1. The molecule has 1 aliphatic heterocycles. The van der Waals surface area contributed by atoms with Crippen LogP contribution in [0.15, 0.2) is 53.4 Å². The Labute approximate surface area is 187 Å². The number of carboxylic acid groups (broad SMARTS) is 1. The fourth-order valence-electron chi connectivity index (χ4n) is 3.53. The van der Waals surface area contributed by atoms with Crippen molar-refractivity contribution in [2.45, 2.75) is 42.5 Å². The number of aliphatic hydroxyl groups is 1. The van der Waals surface area contributed by atoms with Crippen LogP contribution >= 0.6 is 0 Å². The molecule has 0 aromatic heterocycles. The van der Waals surface area contributed by atoms with E-state index >= 15 is 0 Å². The number of non-ortho nitro benzene ring substituents is 1. The maximum atomic E-state index is 13.1. The van der Waals surface area contributed by atoms with E-state index in [9.17, 15) is 42.7 Å². The minimum atomic E-state index is -4.43. The smallest absolute Gasteiger partial charge is 0.326 e. The van der Waals surface area contributed by atoms with E-state index < -0.39 is 51.0 Å². The van der Waals surface area contributed by atoms with Crippen LogP contribution in [0.1, 0.15) is 18.4 Å². The fraction of sp³-hybridized carbons (Fsp3) is 0.300. The Morgan fingerprint density at radius 2 is 1.76 bits per heavy atom. The maximum Gasteiger partial charge on any atom is 0.326 e.